The van der Waals surface area contributed by atoms with E-state index in [0.717, 1.165) is 44.2 Å². The largest absolute Gasteiger partial charge is 0.470 e. The lowest BCUT2D eigenvalue weighted by Gasteiger charge is -2.36. The van der Waals surface area contributed by atoms with Crippen molar-refractivity contribution in [2.24, 2.45) is 11.1 Å². The van der Waals surface area contributed by atoms with Crippen molar-refractivity contribution >= 4 is 17.4 Å². The number of ether oxygens (including phenoxy) is 1. The third-order valence-corrected chi connectivity index (χ3v) is 5.55. The predicted octanol–water partition coefficient (Wildman–Crippen LogP) is 2.09. The van der Waals surface area contributed by atoms with Crippen molar-refractivity contribution in [2.75, 3.05) is 50.0 Å². The van der Waals surface area contributed by atoms with Gasteiger partial charge in [-0.15, -0.1) is 0 Å². The molecule has 142 valence electrons. The number of hydrogen-bond acceptors (Lipinski definition) is 7. The Balaban J connectivity index is 1.28. The van der Waals surface area contributed by atoms with Crippen LogP contribution >= 0.6 is 0 Å². The van der Waals surface area contributed by atoms with E-state index in [0.29, 0.717) is 18.2 Å². The van der Waals surface area contributed by atoms with E-state index in [4.69, 9.17) is 15.3 Å². The number of hydrogen-bond donors (Lipinski definition) is 1. The van der Waals surface area contributed by atoms with Crippen molar-refractivity contribution in [3.63, 3.8) is 0 Å². The first-order chi connectivity index (χ1) is 12.8. The second-order valence-corrected chi connectivity index (χ2v) is 7.54. The Kier molecular flexibility index (Phi) is 5.43. The second-order valence-electron chi connectivity index (χ2n) is 7.54. The topological polar surface area (TPSA) is 76.2 Å². The zero-order valence-corrected chi connectivity index (χ0v) is 15.3. The van der Waals surface area contributed by atoms with Gasteiger partial charge in [0.1, 0.15) is 11.9 Å². The number of pyridine rings is 1. The van der Waals surface area contributed by atoms with E-state index in [1.807, 2.05) is 12.1 Å². The summed E-state index contributed by atoms with van der Waals surface area (Å²) in [6.45, 7) is 5.77. The Bertz CT molecular complexity index is 607. The molecule has 26 heavy (non-hydrogen) atoms. The van der Waals surface area contributed by atoms with E-state index in [2.05, 4.69) is 19.9 Å². The van der Waals surface area contributed by atoms with Crippen LogP contribution in [0.5, 0.6) is 0 Å². The van der Waals surface area contributed by atoms with Crippen LogP contribution in [0.3, 0.4) is 0 Å². The first-order valence-electron chi connectivity index (χ1n) is 9.83. The fraction of sp³-hybridized carbons (Fsp3) is 0.684. The van der Waals surface area contributed by atoms with E-state index >= 15 is 0 Å². The lowest BCUT2D eigenvalue weighted by molar-refractivity contribution is -0.0161. The molecule has 7 nitrogen and oxygen atoms in total. The average Bonchev–Trinajstić information content (AvgIpc) is 2.70. The minimum atomic E-state index is 0.109. The Labute approximate surface area is 155 Å². The lowest BCUT2D eigenvalue weighted by Crippen LogP contribution is -2.44. The van der Waals surface area contributed by atoms with E-state index in [9.17, 15) is 0 Å². The predicted molar refractivity (Wildman–Crippen MR) is 102 cm³/mol. The highest BCUT2D eigenvalue weighted by Crippen LogP contribution is 2.25. The van der Waals surface area contributed by atoms with E-state index < -0.39 is 0 Å². The molecule has 1 atom stereocenters. The molecule has 0 aliphatic carbocycles. The molecule has 1 unspecified atom stereocenters. The number of likely N-dealkylation sites (tertiary alicyclic amines) is 1. The van der Waals surface area contributed by atoms with Gasteiger partial charge in [-0.1, -0.05) is 11.6 Å². The van der Waals surface area contributed by atoms with Gasteiger partial charge in [0.25, 0.3) is 0 Å². The van der Waals surface area contributed by atoms with Crippen LogP contribution in [0.1, 0.15) is 32.1 Å². The molecule has 3 aliphatic heterocycles. The molecule has 0 radical (unpaired) electrons. The summed E-state index contributed by atoms with van der Waals surface area (Å²) in [6, 6.07) is 3.89. The van der Waals surface area contributed by atoms with Crippen molar-refractivity contribution in [3.05, 3.63) is 18.3 Å². The Hall–Kier alpha value is -2.02. The van der Waals surface area contributed by atoms with Crippen molar-refractivity contribution in [1.82, 2.24) is 9.88 Å². The van der Waals surface area contributed by atoms with Gasteiger partial charge in [-0.3, -0.25) is 4.90 Å². The molecule has 0 amide bonds. The van der Waals surface area contributed by atoms with Gasteiger partial charge in [0.05, 0.1) is 11.9 Å². The molecule has 0 bridgehead atoms. The SMILES string of the molecule is Nc1ccc(N2CCC(C3=NOCC(CN4CCCCC4)O3)CC2)nc1. The quantitative estimate of drug-likeness (QED) is 0.887. The molecule has 2 fully saturated rings. The maximum Gasteiger partial charge on any atom is 0.229 e. The van der Waals surface area contributed by atoms with Gasteiger partial charge in [-0.25, -0.2) is 4.98 Å². The monoisotopic (exact) mass is 359 g/mol. The van der Waals surface area contributed by atoms with E-state index in [1.165, 1.54) is 32.4 Å². The van der Waals surface area contributed by atoms with Crippen LogP contribution in [0.2, 0.25) is 0 Å². The van der Waals surface area contributed by atoms with Crippen LogP contribution in [-0.4, -0.2) is 61.2 Å². The molecule has 0 saturated carbocycles. The molecule has 2 saturated heterocycles. The Morgan fingerprint density at radius 2 is 1.88 bits per heavy atom. The number of aromatic nitrogens is 1. The molecule has 0 aromatic carbocycles. The zero-order chi connectivity index (χ0) is 17.8. The van der Waals surface area contributed by atoms with Crippen LogP contribution in [0.15, 0.2) is 23.5 Å². The summed E-state index contributed by atoms with van der Waals surface area (Å²) in [5.74, 6) is 2.12. The standard InChI is InChI=1S/C19H29N5O2/c20-16-4-5-18(21-12-16)24-10-6-15(7-11-24)19-22-25-14-17(26-19)13-23-8-2-1-3-9-23/h4-5,12,15,17H,1-3,6-11,13-14,20H2. The van der Waals surface area contributed by atoms with E-state index in [1.54, 1.807) is 6.20 Å². The number of anilines is 2. The van der Waals surface area contributed by atoms with Crippen molar-refractivity contribution in [3.8, 4) is 0 Å². The third kappa shape index (κ3) is 4.20. The molecule has 1 aromatic rings. The maximum atomic E-state index is 6.22. The minimum absolute atomic E-state index is 0.109. The average molecular weight is 359 g/mol. The highest BCUT2D eigenvalue weighted by molar-refractivity contribution is 5.79. The van der Waals surface area contributed by atoms with Gasteiger partial charge in [0.2, 0.25) is 5.90 Å². The highest BCUT2D eigenvalue weighted by Gasteiger charge is 2.31. The van der Waals surface area contributed by atoms with E-state index in [-0.39, 0.29) is 6.10 Å². The number of nitrogens with two attached hydrogens (primary N) is 1. The van der Waals surface area contributed by atoms with Crippen LogP contribution in [0, 0.1) is 5.92 Å². The Morgan fingerprint density at radius 1 is 1.08 bits per heavy atom. The summed E-state index contributed by atoms with van der Waals surface area (Å²) in [4.78, 5) is 14.7. The van der Waals surface area contributed by atoms with Gasteiger partial charge < -0.3 is 20.2 Å². The smallest absolute Gasteiger partial charge is 0.229 e. The summed E-state index contributed by atoms with van der Waals surface area (Å²) in [5.41, 5.74) is 6.42. The van der Waals surface area contributed by atoms with Gasteiger partial charge in [0.15, 0.2) is 6.61 Å². The molecule has 4 heterocycles. The number of piperidine rings is 2. The molecular formula is C19H29N5O2. The van der Waals surface area contributed by atoms with Crippen LogP contribution < -0.4 is 10.6 Å². The number of nitrogens with zero attached hydrogens (tertiary/aromatic N) is 4. The molecular weight excluding hydrogens is 330 g/mol. The second kappa shape index (κ2) is 8.12. The summed E-state index contributed by atoms with van der Waals surface area (Å²) in [7, 11) is 0. The molecule has 3 aliphatic rings. The van der Waals surface area contributed by atoms with Crippen LogP contribution in [0.4, 0.5) is 11.5 Å². The van der Waals surface area contributed by atoms with Crippen LogP contribution in [-0.2, 0) is 9.57 Å². The van der Waals surface area contributed by atoms with Crippen molar-refractivity contribution in [2.45, 2.75) is 38.2 Å². The molecule has 4 rings (SSSR count). The summed E-state index contributed by atoms with van der Waals surface area (Å²) in [5, 5.41) is 4.23. The van der Waals surface area contributed by atoms with Gasteiger partial charge in [-0.2, -0.15) is 0 Å². The summed E-state index contributed by atoms with van der Waals surface area (Å²) in [6.07, 6.45) is 7.78. The lowest BCUT2D eigenvalue weighted by atomic mass is 9.96. The number of nitrogen functional groups attached to an aromatic ring is 1. The van der Waals surface area contributed by atoms with Gasteiger partial charge in [-0.05, 0) is 50.9 Å². The molecule has 1 aromatic heterocycles. The molecule has 0 spiro atoms. The fourth-order valence-electron chi connectivity index (χ4n) is 4.04. The maximum absolute atomic E-state index is 6.22. The summed E-state index contributed by atoms with van der Waals surface area (Å²) >= 11 is 0. The molecule has 2 N–H and O–H groups in total. The first-order valence-corrected chi connectivity index (χ1v) is 9.83. The Morgan fingerprint density at radius 3 is 2.62 bits per heavy atom. The minimum Gasteiger partial charge on any atom is -0.470 e. The fourth-order valence-corrected chi connectivity index (χ4v) is 4.04. The molecule has 7 heteroatoms. The van der Waals surface area contributed by atoms with Crippen LogP contribution in [0.25, 0.3) is 0 Å². The number of oxime groups is 1. The first kappa shape index (κ1) is 17.4. The zero-order valence-electron chi connectivity index (χ0n) is 15.3. The summed E-state index contributed by atoms with van der Waals surface area (Å²) < 4.78 is 6.22. The highest BCUT2D eigenvalue weighted by atomic mass is 16.7. The van der Waals surface area contributed by atoms with Gasteiger partial charge in [0, 0.05) is 25.6 Å². The third-order valence-electron chi connectivity index (χ3n) is 5.55. The van der Waals surface area contributed by atoms with Crippen molar-refractivity contribution in [1.29, 1.82) is 0 Å². The number of rotatable bonds is 4. The normalized spacial score (nSPS) is 25.3. The van der Waals surface area contributed by atoms with Gasteiger partial charge >= 0.3 is 0 Å². The van der Waals surface area contributed by atoms with Crippen molar-refractivity contribution < 1.29 is 9.57 Å².